The van der Waals surface area contributed by atoms with E-state index in [4.69, 9.17) is 9.47 Å². The van der Waals surface area contributed by atoms with E-state index in [0.717, 1.165) is 0 Å². The zero-order valence-corrected chi connectivity index (χ0v) is 22.8. The topological polar surface area (TPSA) is 113 Å². The molecule has 214 valence electrons. The third-order valence-corrected chi connectivity index (χ3v) is 7.13. The minimum atomic E-state index is -1.45. The van der Waals surface area contributed by atoms with E-state index in [-0.39, 0.29) is 36.7 Å². The van der Waals surface area contributed by atoms with Gasteiger partial charge in [-0.1, -0.05) is 54.6 Å². The fourth-order valence-electron chi connectivity index (χ4n) is 4.89. The summed E-state index contributed by atoms with van der Waals surface area (Å²) in [5.74, 6) is -0.0410. The van der Waals surface area contributed by atoms with Crippen LogP contribution in [0.5, 0.6) is 11.5 Å². The number of aliphatic hydroxyl groups is 1. The summed E-state index contributed by atoms with van der Waals surface area (Å²) in [5, 5.41) is 12.1. The van der Waals surface area contributed by atoms with Crippen LogP contribution in [-0.4, -0.2) is 64.8 Å². The number of ether oxygens (including phenoxy) is 2. The van der Waals surface area contributed by atoms with E-state index in [1.165, 1.54) is 34.1 Å². The van der Waals surface area contributed by atoms with E-state index >= 15 is 0 Å². The summed E-state index contributed by atoms with van der Waals surface area (Å²) < 4.78 is 11.6. The molecule has 2 aliphatic heterocycles. The highest BCUT2D eigenvalue weighted by molar-refractivity contribution is 6.13. The second kappa shape index (κ2) is 12.7. The van der Waals surface area contributed by atoms with Gasteiger partial charge in [0, 0.05) is 37.4 Å². The molecule has 9 heteroatoms. The largest absolute Gasteiger partial charge is 0.494 e. The van der Waals surface area contributed by atoms with Crippen LogP contribution in [-0.2, 0) is 24.8 Å². The number of carbonyl (C=O) groups is 4. The van der Waals surface area contributed by atoms with Crippen molar-refractivity contribution in [3.05, 3.63) is 120 Å². The van der Waals surface area contributed by atoms with Gasteiger partial charge < -0.3 is 14.6 Å². The molecule has 3 aromatic rings. The van der Waals surface area contributed by atoms with Gasteiger partial charge in [0.15, 0.2) is 0 Å². The molecule has 0 atom stereocenters. The molecular formula is C33H30N2O7. The van der Waals surface area contributed by atoms with Crippen molar-refractivity contribution in [2.45, 2.75) is 18.4 Å². The number of carbonyl (C=O) groups excluding carboxylic acids is 4. The molecule has 0 unspecified atom stereocenters. The summed E-state index contributed by atoms with van der Waals surface area (Å²) in [4.78, 5) is 49.1. The maximum absolute atomic E-state index is 12.1. The molecule has 0 aromatic heterocycles. The Hall–Kier alpha value is -5.02. The first-order valence-electron chi connectivity index (χ1n) is 13.7. The molecule has 1 N–H and O–H groups in total. The molecule has 5 rings (SSSR count). The minimum Gasteiger partial charge on any atom is -0.494 e. The van der Waals surface area contributed by atoms with Crippen molar-refractivity contribution in [3.8, 4) is 11.5 Å². The molecule has 0 bridgehead atoms. The van der Waals surface area contributed by atoms with Crippen molar-refractivity contribution in [2.24, 2.45) is 0 Å². The van der Waals surface area contributed by atoms with E-state index < -0.39 is 5.60 Å². The summed E-state index contributed by atoms with van der Waals surface area (Å²) in [6, 6.07) is 23.7. The van der Waals surface area contributed by atoms with Crippen molar-refractivity contribution in [3.63, 3.8) is 0 Å². The molecule has 0 saturated carbocycles. The maximum atomic E-state index is 12.1. The molecule has 2 aliphatic rings. The van der Waals surface area contributed by atoms with Gasteiger partial charge in [-0.3, -0.25) is 29.0 Å². The van der Waals surface area contributed by atoms with Gasteiger partial charge >= 0.3 is 0 Å². The lowest BCUT2D eigenvalue weighted by Gasteiger charge is -2.30. The van der Waals surface area contributed by atoms with Gasteiger partial charge in [0.05, 0.1) is 13.2 Å². The number of nitrogens with zero attached hydrogens (tertiary/aromatic N) is 2. The van der Waals surface area contributed by atoms with Crippen molar-refractivity contribution >= 4 is 23.6 Å². The average molecular weight is 567 g/mol. The Morgan fingerprint density at radius 1 is 0.524 bits per heavy atom. The molecular weight excluding hydrogens is 536 g/mol. The second-order valence-electron chi connectivity index (χ2n) is 9.85. The first-order chi connectivity index (χ1) is 20.4. The molecule has 0 radical (unpaired) electrons. The number of imide groups is 2. The lowest BCUT2D eigenvalue weighted by Crippen LogP contribution is -2.31. The highest BCUT2D eigenvalue weighted by Gasteiger charge is 2.34. The van der Waals surface area contributed by atoms with Crippen LogP contribution in [0.2, 0.25) is 0 Å². The first-order valence-corrected chi connectivity index (χ1v) is 13.7. The van der Waals surface area contributed by atoms with Gasteiger partial charge in [-0.25, -0.2) is 0 Å². The second-order valence-corrected chi connectivity index (χ2v) is 9.85. The van der Waals surface area contributed by atoms with Crippen molar-refractivity contribution in [1.82, 2.24) is 9.80 Å². The molecule has 4 amide bonds. The van der Waals surface area contributed by atoms with E-state index in [0.29, 0.717) is 54.2 Å². The van der Waals surface area contributed by atoms with Crippen LogP contribution in [0.4, 0.5) is 0 Å². The Bertz CT molecular complexity index is 1380. The third kappa shape index (κ3) is 6.16. The van der Waals surface area contributed by atoms with Crippen LogP contribution in [0.1, 0.15) is 29.5 Å². The third-order valence-electron chi connectivity index (χ3n) is 7.13. The first kappa shape index (κ1) is 28.5. The van der Waals surface area contributed by atoms with Crippen LogP contribution < -0.4 is 9.47 Å². The monoisotopic (exact) mass is 566 g/mol. The number of hydrogen-bond donors (Lipinski definition) is 1. The maximum Gasteiger partial charge on any atom is 0.253 e. The van der Waals surface area contributed by atoms with E-state index in [9.17, 15) is 24.3 Å². The van der Waals surface area contributed by atoms with Crippen molar-refractivity contribution < 1.29 is 33.8 Å². The van der Waals surface area contributed by atoms with Crippen molar-refractivity contribution in [2.75, 3.05) is 26.3 Å². The quantitative estimate of drug-likeness (QED) is 0.192. The van der Waals surface area contributed by atoms with Gasteiger partial charge in [-0.15, -0.1) is 0 Å². The van der Waals surface area contributed by atoms with Crippen molar-refractivity contribution in [1.29, 1.82) is 0 Å². The predicted octanol–water partition coefficient (Wildman–Crippen LogP) is 3.36. The minimum absolute atomic E-state index is 0.283. The highest BCUT2D eigenvalue weighted by atomic mass is 16.5. The number of amides is 4. The molecule has 0 fully saturated rings. The van der Waals surface area contributed by atoms with Gasteiger partial charge in [0.1, 0.15) is 17.1 Å². The Morgan fingerprint density at radius 2 is 0.881 bits per heavy atom. The SMILES string of the molecule is O=C1C=CC(=O)N1CCCOc1ccc(C(O)(c2ccccc2)c2ccc(OCCCN3C(=O)C=CC3=O)cc2)cc1. The Kier molecular flexibility index (Phi) is 8.59. The van der Waals surface area contributed by atoms with Crippen LogP contribution >= 0.6 is 0 Å². The lowest BCUT2D eigenvalue weighted by atomic mass is 9.80. The summed E-state index contributed by atoms with van der Waals surface area (Å²) in [6.45, 7) is 1.21. The smallest absolute Gasteiger partial charge is 0.253 e. The molecule has 0 saturated heterocycles. The Balaban J connectivity index is 1.22. The number of rotatable bonds is 13. The zero-order chi connectivity index (χ0) is 29.5. The van der Waals surface area contributed by atoms with E-state index in [1.807, 2.05) is 30.3 Å². The molecule has 0 aliphatic carbocycles. The number of hydrogen-bond acceptors (Lipinski definition) is 7. The molecule has 0 spiro atoms. The van der Waals surface area contributed by atoms with Crippen LogP contribution in [0, 0.1) is 0 Å². The normalized spacial score (nSPS) is 14.8. The Labute approximate surface area is 243 Å². The average Bonchev–Trinajstić information content (AvgIpc) is 3.52. The van der Waals surface area contributed by atoms with Gasteiger partial charge in [-0.05, 0) is 53.8 Å². The predicted molar refractivity (Wildman–Crippen MR) is 153 cm³/mol. The standard InChI is InChI=1S/C33H30N2O7/c36-29-16-17-30(37)34(29)20-4-22-41-27-12-8-25(9-13-27)33(40,24-6-2-1-3-7-24)26-10-14-28(15-11-26)42-23-5-21-35-31(38)18-19-32(35)39/h1-3,6-19,40H,4-5,20-23H2. The van der Waals surface area contributed by atoms with Crippen LogP contribution in [0.15, 0.2) is 103 Å². The van der Waals surface area contributed by atoms with Gasteiger partial charge in [-0.2, -0.15) is 0 Å². The zero-order valence-electron chi connectivity index (χ0n) is 22.8. The molecule has 42 heavy (non-hydrogen) atoms. The molecule has 2 heterocycles. The Morgan fingerprint density at radius 3 is 1.26 bits per heavy atom. The van der Waals surface area contributed by atoms with Crippen LogP contribution in [0.3, 0.4) is 0 Å². The lowest BCUT2D eigenvalue weighted by molar-refractivity contribution is -0.138. The summed E-state index contributed by atoms with van der Waals surface area (Å²) in [5.41, 5.74) is 0.519. The molecule has 9 nitrogen and oxygen atoms in total. The highest BCUT2D eigenvalue weighted by Crippen LogP contribution is 2.38. The summed E-state index contributed by atoms with van der Waals surface area (Å²) in [6.07, 6.45) is 6.04. The number of benzene rings is 3. The summed E-state index contributed by atoms with van der Waals surface area (Å²) >= 11 is 0. The summed E-state index contributed by atoms with van der Waals surface area (Å²) in [7, 11) is 0. The van der Waals surface area contributed by atoms with E-state index in [1.54, 1.807) is 48.5 Å². The van der Waals surface area contributed by atoms with E-state index in [2.05, 4.69) is 0 Å². The molecule has 3 aromatic carbocycles. The fraction of sp³-hybridized carbons (Fsp3) is 0.212. The van der Waals surface area contributed by atoms with Gasteiger partial charge in [0.25, 0.3) is 23.6 Å². The fourth-order valence-corrected chi connectivity index (χ4v) is 4.89. The van der Waals surface area contributed by atoms with Crippen LogP contribution in [0.25, 0.3) is 0 Å². The van der Waals surface area contributed by atoms with Gasteiger partial charge in [0.2, 0.25) is 0 Å².